The van der Waals surface area contributed by atoms with Gasteiger partial charge in [0, 0.05) is 31.3 Å². The maximum Gasteiger partial charge on any atom is 0.227 e. The van der Waals surface area contributed by atoms with Gasteiger partial charge in [0.2, 0.25) is 5.91 Å². The Labute approximate surface area is 158 Å². The van der Waals surface area contributed by atoms with E-state index in [9.17, 15) is 4.79 Å². The van der Waals surface area contributed by atoms with Crippen molar-refractivity contribution in [3.05, 3.63) is 41.6 Å². The minimum atomic E-state index is -0.0367. The van der Waals surface area contributed by atoms with E-state index in [0.717, 1.165) is 31.7 Å². The van der Waals surface area contributed by atoms with Gasteiger partial charge in [-0.05, 0) is 37.1 Å². The number of benzene rings is 1. The van der Waals surface area contributed by atoms with E-state index >= 15 is 0 Å². The molecule has 3 rings (SSSR count). The number of nitrogens with one attached hydrogen (secondary N) is 1. The molecule has 7 heteroatoms. The number of methoxy groups -OCH3 is 2. The zero-order valence-corrected chi connectivity index (χ0v) is 15.6. The summed E-state index contributed by atoms with van der Waals surface area (Å²) < 4.78 is 10.5. The van der Waals surface area contributed by atoms with Crippen molar-refractivity contribution in [2.75, 3.05) is 37.5 Å². The summed E-state index contributed by atoms with van der Waals surface area (Å²) in [7, 11) is 3.17. The van der Waals surface area contributed by atoms with Gasteiger partial charge in [-0.1, -0.05) is 11.6 Å². The molecule has 0 spiro atoms. The van der Waals surface area contributed by atoms with Crippen LogP contribution in [0, 0.1) is 5.92 Å². The van der Waals surface area contributed by atoms with Crippen molar-refractivity contribution in [1.29, 1.82) is 0 Å². The number of aromatic nitrogens is 1. The van der Waals surface area contributed by atoms with Gasteiger partial charge in [-0.15, -0.1) is 0 Å². The second-order valence-electron chi connectivity index (χ2n) is 6.15. The average molecular weight is 376 g/mol. The SMILES string of the molecule is COc1ccc(NC(=O)C2CCN(c3ccc(Cl)cn3)CC2)c(OC)c1. The highest BCUT2D eigenvalue weighted by Gasteiger charge is 2.26. The number of nitrogens with zero attached hydrogens (tertiary/aromatic N) is 2. The quantitative estimate of drug-likeness (QED) is 0.864. The molecule has 1 aromatic carbocycles. The van der Waals surface area contributed by atoms with Crippen LogP contribution in [0.5, 0.6) is 11.5 Å². The molecule has 6 nitrogen and oxygen atoms in total. The number of rotatable bonds is 5. The van der Waals surface area contributed by atoms with E-state index in [1.165, 1.54) is 0 Å². The second kappa shape index (κ2) is 8.27. The van der Waals surface area contributed by atoms with E-state index in [1.54, 1.807) is 38.6 Å². The molecule has 26 heavy (non-hydrogen) atoms. The molecular weight excluding hydrogens is 354 g/mol. The van der Waals surface area contributed by atoms with E-state index in [2.05, 4.69) is 15.2 Å². The molecule has 0 atom stereocenters. The van der Waals surface area contributed by atoms with Crippen molar-refractivity contribution in [2.45, 2.75) is 12.8 Å². The van der Waals surface area contributed by atoms with Crippen molar-refractivity contribution in [1.82, 2.24) is 4.98 Å². The van der Waals surface area contributed by atoms with Gasteiger partial charge in [0.05, 0.1) is 24.9 Å². The second-order valence-corrected chi connectivity index (χ2v) is 6.59. The lowest BCUT2D eigenvalue weighted by molar-refractivity contribution is -0.120. The number of hydrogen-bond donors (Lipinski definition) is 1. The zero-order chi connectivity index (χ0) is 18.5. The number of amides is 1. The van der Waals surface area contributed by atoms with Crippen molar-refractivity contribution in [3.8, 4) is 11.5 Å². The molecule has 2 aromatic rings. The highest BCUT2D eigenvalue weighted by Crippen LogP contribution is 2.30. The van der Waals surface area contributed by atoms with Crippen molar-refractivity contribution in [3.63, 3.8) is 0 Å². The third-order valence-electron chi connectivity index (χ3n) is 4.57. The van der Waals surface area contributed by atoms with Gasteiger partial charge in [-0.2, -0.15) is 0 Å². The van der Waals surface area contributed by atoms with Gasteiger partial charge in [0.15, 0.2) is 0 Å². The summed E-state index contributed by atoms with van der Waals surface area (Å²) in [6, 6.07) is 9.09. The lowest BCUT2D eigenvalue weighted by atomic mass is 9.95. The monoisotopic (exact) mass is 375 g/mol. The maximum atomic E-state index is 12.6. The maximum absolute atomic E-state index is 12.6. The minimum absolute atomic E-state index is 0.0113. The topological polar surface area (TPSA) is 63.7 Å². The molecule has 1 fully saturated rings. The molecule has 0 bridgehead atoms. The molecule has 1 N–H and O–H groups in total. The Balaban J connectivity index is 1.59. The molecule has 0 saturated carbocycles. The number of carbonyl (C=O) groups is 1. The van der Waals surface area contributed by atoms with Crippen LogP contribution in [0.25, 0.3) is 0 Å². The van der Waals surface area contributed by atoms with E-state index in [4.69, 9.17) is 21.1 Å². The van der Waals surface area contributed by atoms with Gasteiger partial charge in [-0.3, -0.25) is 4.79 Å². The fourth-order valence-electron chi connectivity index (χ4n) is 3.06. The number of ether oxygens (including phenoxy) is 2. The largest absolute Gasteiger partial charge is 0.497 e. The first-order chi connectivity index (χ1) is 12.6. The summed E-state index contributed by atoms with van der Waals surface area (Å²) in [5.41, 5.74) is 0.653. The molecule has 0 radical (unpaired) electrons. The lowest BCUT2D eigenvalue weighted by Crippen LogP contribution is -2.38. The number of anilines is 2. The Morgan fingerprint density at radius 2 is 1.96 bits per heavy atom. The minimum Gasteiger partial charge on any atom is -0.497 e. The van der Waals surface area contributed by atoms with Crippen LogP contribution in [0.15, 0.2) is 36.5 Å². The highest BCUT2D eigenvalue weighted by atomic mass is 35.5. The van der Waals surface area contributed by atoms with Crippen LogP contribution in [-0.4, -0.2) is 38.2 Å². The van der Waals surface area contributed by atoms with Crippen LogP contribution in [-0.2, 0) is 4.79 Å². The smallest absolute Gasteiger partial charge is 0.227 e. The molecule has 2 heterocycles. The summed E-state index contributed by atoms with van der Waals surface area (Å²) >= 11 is 5.88. The third kappa shape index (κ3) is 4.19. The number of pyridine rings is 1. The molecule has 1 aromatic heterocycles. The van der Waals surface area contributed by atoms with Crippen molar-refractivity contribution >= 4 is 29.0 Å². The van der Waals surface area contributed by atoms with E-state index < -0.39 is 0 Å². The molecule has 138 valence electrons. The van der Waals surface area contributed by atoms with Gasteiger partial charge in [-0.25, -0.2) is 4.98 Å². The van der Waals surface area contributed by atoms with Crippen LogP contribution in [0.4, 0.5) is 11.5 Å². The summed E-state index contributed by atoms with van der Waals surface area (Å²) in [6.07, 6.45) is 3.19. The fourth-order valence-corrected chi connectivity index (χ4v) is 3.17. The average Bonchev–Trinajstić information content (AvgIpc) is 2.69. The summed E-state index contributed by atoms with van der Waals surface area (Å²) in [5.74, 6) is 2.14. The molecule has 0 unspecified atom stereocenters. The lowest BCUT2D eigenvalue weighted by Gasteiger charge is -2.32. The number of piperidine rings is 1. The molecule has 1 aliphatic rings. The van der Waals surface area contributed by atoms with Crippen LogP contribution < -0.4 is 19.7 Å². The Kier molecular flexibility index (Phi) is 5.83. The summed E-state index contributed by atoms with van der Waals surface area (Å²) in [4.78, 5) is 19.1. The number of halogens is 1. The van der Waals surface area contributed by atoms with Crippen LogP contribution in [0.2, 0.25) is 5.02 Å². The summed E-state index contributed by atoms with van der Waals surface area (Å²) in [5, 5.41) is 3.60. The van der Waals surface area contributed by atoms with Gasteiger partial charge in [0.25, 0.3) is 0 Å². The third-order valence-corrected chi connectivity index (χ3v) is 4.79. The Morgan fingerprint density at radius 1 is 1.19 bits per heavy atom. The first-order valence-electron chi connectivity index (χ1n) is 8.50. The Morgan fingerprint density at radius 3 is 2.58 bits per heavy atom. The predicted molar refractivity (Wildman–Crippen MR) is 102 cm³/mol. The standard InChI is InChI=1S/C19H22ClN3O3/c1-25-15-4-5-16(17(11-15)26-2)22-19(24)13-7-9-23(10-8-13)18-6-3-14(20)12-21-18/h3-6,11-13H,7-10H2,1-2H3,(H,22,24). The Bertz CT molecular complexity index is 759. The number of carbonyl (C=O) groups excluding carboxylic acids is 1. The van der Waals surface area contributed by atoms with E-state index in [-0.39, 0.29) is 11.8 Å². The van der Waals surface area contributed by atoms with Crippen LogP contribution in [0.3, 0.4) is 0 Å². The molecule has 1 saturated heterocycles. The van der Waals surface area contributed by atoms with Crippen LogP contribution in [0.1, 0.15) is 12.8 Å². The van der Waals surface area contributed by atoms with Gasteiger partial charge < -0.3 is 19.7 Å². The molecule has 1 amide bonds. The molecule has 1 aliphatic heterocycles. The fraction of sp³-hybridized carbons (Fsp3) is 0.368. The zero-order valence-electron chi connectivity index (χ0n) is 14.9. The first-order valence-corrected chi connectivity index (χ1v) is 8.88. The number of hydrogen-bond acceptors (Lipinski definition) is 5. The molecule has 0 aliphatic carbocycles. The normalized spacial score (nSPS) is 14.8. The Hall–Kier alpha value is -2.47. The van der Waals surface area contributed by atoms with Crippen molar-refractivity contribution < 1.29 is 14.3 Å². The predicted octanol–water partition coefficient (Wildman–Crippen LogP) is 3.61. The van der Waals surface area contributed by atoms with Gasteiger partial charge >= 0.3 is 0 Å². The van der Waals surface area contributed by atoms with E-state index in [1.807, 2.05) is 12.1 Å². The highest BCUT2D eigenvalue weighted by molar-refractivity contribution is 6.30. The van der Waals surface area contributed by atoms with Gasteiger partial charge in [0.1, 0.15) is 17.3 Å². The van der Waals surface area contributed by atoms with E-state index in [0.29, 0.717) is 22.2 Å². The molecular formula is C19H22ClN3O3. The van der Waals surface area contributed by atoms with Crippen molar-refractivity contribution in [2.24, 2.45) is 5.92 Å². The van der Waals surface area contributed by atoms with Crippen LogP contribution >= 0.6 is 11.6 Å². The summed E-state index contributed by atoms with van der Waals surface area (Å²) in [6.45, 7) is 1.57. The first kappa shape index (κ1) is 18.3.